The van der Waals surface area contributed by atoms with Crippen molar-refractivity contribution in [1.29, 1.82) is 0 Å². The van der Waals surface area contributed by atoms with Crippen LogP contribution in [-0.4, -0.2) is 31.8 Å². The van der Waals surface area contributed by atoms with Gasteiger partial charge in [0.15, 0.2) is 5.75 Å². The van der Waals surface area contributed by atoms with Gasteiger partial charge < -0.3 is 9.84 Å². The number of aryl methyl sites for hydroxylation is 1. The number of nitrogens with zero attached hydrogens (tertiary/aromatic N) is 4. The first-order chi connectivity index (χ1) is 9.58. The first-order valence-corrected chi connectivity index (χ1v) is 6.90. The van der Waals surface area contributed by atoms with Crippen LogP contribution in [0.1, 0.15) is 50.6 Å². The number of methoxy groups -OCH3 is 1. The predicted octanol–water partition coefficient (Wildman–Crippen LogP) is 2.16. The fourth-order valence-corrected chi connectivity index (χ4v) is 2.14. The summed E-state index contributed by atoms with van der Waals surface area (Å²) >= 11 is 0. The standard InChI is InChI=1S/C14H22N4O2/c1-5-6-17-13(12(20-4)8-16-17)14(19)11-7-15-18(9-11)10(2)3/h7-10,14,19H,5-6H2,1-4H3. The van der Waals surface area contributed by atoms with Crippen molar-refractivity contribution in [1.82, 2.24) is 19.6 Å². The van der Waals surface area contributed by atoms with Crippen LogP contribution < -0.4 is 4.74 Å². The van der Waals surface area contributed by atoms with E-state index in [1.807, 2.05) is 24.7 Å². The van der Waals surface area contributed by atoms with E-state index in [1.54, 1.807) is 24.2 Å². The predicted molar refractivity (Wildman–Crippen MR) is 75.7 cm³/mol. The fourth-order valence-electron chi connectivity index (χ4n) is 2.14. The lowest BCUT2D eigenvalue weighted by Gasteiger charge is -2.13. The molecule has 110 valence electrons. The third-order valence-corrected chi connectivity index (χ3v) is 3.23. The van der Waals surface area contributed by atoms with Crippen molar-refractivity contribution in [3.8, 4) is 5.75 Å². The minimum atomic E-state index is -0.786. The van der Waals surface area contributed by atoms with Crippen LogP contribution in [0.15, 0.2) is 18.6 Å². The fraction of sp³-hybridized carbons (Fsp3) is 0.571. The minimum Gasteiger partial charge on any atom is -0.493 e. The van der Waals surface area contributed by atoms with Crippen molar-refractivity contribution >= 4 is 0 Å². The van der Waals surface area contributed by atoms with Crippen molar-refractivity contribution in [2.75, 3.05) is 7.11 Å². The van der Waals surface area contributed by atoms with E-state index in [4.69, 9.17) is 4.74 Å². The van der Waals surface area contributed by atoms with Gasteiger partial charge in [0, 0.05) is 24.3 Å². The Labute approximate surface area is 119 Å². The van der Waals surface area contributed by atoms with Crippen LogP contribution in [0.3, 0.4) is 0 Å². The Bertz CT molecular complexity index is 559. The lowest BCUT2D eigenvalue weighted by molar-refractivity contribution is 0.201. The number of aromatic nitrogens is 4. The van der Waals surface area contributed by atoms with Gasteiger partial charge in [0.2, 0.25) is 0 Å². The molecule has 1 atom stereocenters. The number of ether oxygens (including phenoxy) is 1. The Morgan fingerprint density at radius 3 is 2.60 bits per heavy atom. The number of aliphatic hydroxyl groups excluding tert-OH is 1. The second-order valence-electron chi connectivity index (χ2n) is 5.07. The maximum atomic E-state index is 10.6. The Balaban J connectivity index is 2.35. The van der Waals surface area contributed by atoms with E-state index in [-0.39, 0.29) is 6.04 Å². The maximum Gasteiger partial charge on any atom is 0.163 e. The third-order valence-electron chi connectivity index (χ3n) is 3.23. The zero-order chi connectivity index (χ0) is 14.7. The highest BCUT2D eigenvalue weighted by molar-refractivity contribution is 5.33. The molecule has 0 aromatic carbocycles. The Morgan fingerprint density at radius 1 is 1.30 bits per heavy atom. The number of hydrogen-bond acceptors (Lipinski definition) is 4. The first kappa shape index (κ1) is 14.6. The van der Waals surface area contributed by atoms with E-state index < -0.39 is 6.10 Å². The summed E-state index contributed by atoms with van der Waals surface area (Å²) in [6, 6.07) is 0.262. The van der Waals surface area contributed by atoms with Gasteiger partial charge in [-0.25, -0.2) is 0 Å². The molecule has 0 radical (unpaired) electrons. The van der Waals surface area contributed by atoms with Crippen molar-refractivity contribution < 1.29 is 9.84 Å². The van der Waals surface area contributed by atoms with Gasteiger partial charge in [-0.3, -0.25) is 9.36 Å². The van der Waals surface area contributed by atoms with Crippen LogP contribution in [0, 0.1) is 0 Å². The summed E-state index contributed by atoms with van der Waals surface area (Å²) in [7, 11) is 1.58. The second kappa shape index (κ2) is 6.09. The van der Waals surface area contributed by atoms with E-state index in [0.717, 1.165) is 18.5 Å². The van der Waals surface area contributed by atoms with E-state index in [0.29, 0.717) is 11.4 Å². The Morgan fingerprint density at radius 2 is 2.05 bits per heavy atom. The zero-order valence-electron chi connectivity index (χ0n) is 12.4. The quantitative estimate of drug-likeness (QED) is 0.879. The van der Waals surface area contributed by atoms with Gasteiger partial charge >= 0.3 is 0 Å². The molecule has 1 N–H and O–H groups in total. The topological polar surface area (TPSA) is 65.1 Å². The van der Waals surface area contributed by atoms with Crippen LogP contribution >= 0.6 is 0 Å². The first-order valence-electron chi connectivity index (χ1n) is 6.90. The highest BCUT2D eigenvalue weighted by Gasteiger charge is 2.22. The van der Waals surface area contributed by atoms with E-state index in [2.05, 4.69) is 17.1 Å². The number of hydrogen-bond donors (Lipinski definition) is 1. The van der Waals surface area contributed by atoms with Gasteiger partial charge in [0.05, 0.1) is 19.5 Å². The molecule has 0 aliphatic carbocycles. The summed E-state index contributed by atoms with van der Waals surface area (Å²) in [6.45, 7) is 6.91. The molecule has 2 heterocycles. The monoisotopic (exact) mass is 278 g/mol. The smallest absolute Gasteiger partial charge is 0.163 e. The van der Waals surface area contributed by atoms with Crippen molar-refractivity contribution in [2.45, 2.75) is 45.9 Å². The van der Waals surface area contributed by atoms with E-state index in [1.165, 1.54) is 0 Å². The highest BCUT2D eigenvalue weighted by atomic mass is 16.5. The highest BCUT2D eigenvalue weighted by Crippen LogP contribution is 2.30. The molecule has 0 saturated carbocycles. The molecule has 0 amide bonds. The van der Waals surface area contributed by atoms with Gasteiger partial charge in [-0.05, 0) is 20.3 Å². The molecule has 0 fully saturated rings. The average molecular weight is 278 g/mol. The average Bonchev–Trinajstić information content (AvgIpc) is 3.05. The molecule has 2 aromatic rings. The van der Waals surface area contributed by atoms with Crippen molar-refractivity contribution in [3.63, 3.8) is 0 Å². The van der Waals surface area contributed by atoms with Gasteiger partial charge in [-0.2, -0.15) is 10.2 Å². The minimum absolute atomic E-state index is 0.262. The van der Waals surface area contributed by atoms with Crippen molar-refractivity contribution in [2.24, 2.45) is 0 Å². The third kappa shape index (κ3) is 2.70. The lowest BCUT2D eigenvalue weighted by atomic mass is 10.1. The summed E-state index contributed by atoms with van der Waals surface area (Å²) in [6.07, 6.45) is 5.34. The van der Waals surface area contributed by atoms with Gasteiger partial charge in [-0.1, -0.05) is 6.92 Å². The molecule has 0 saturated heterocycles. The molecule has 2 aromatic heterocycles. The molecule has 0 aliphatic rings. The molecule has 0 spiro atoms. The number of aliphatic hydroxyl groups is 1. The van der Waals surface area contributed by atoms with Crippen LogP contribution in [0.25, 0.3) is 0 Å². The molecule has 6 nitrogen and oxygen atoms in total. The van der Waals surface area contributed by atoms with Crippen LogP contribution in [0.2, 0.25) is 0 Å². The molecule has 1 unspecified atom stereocenters. The van der Waals surface area contributed by atoms with E-state index >= 15 is 0 Å². The van der Waals surface area contributed by atoms with Gasteiger partial charge in [-0.15, -0.1) is 0 Å². The molecular formula is C14H22N4O2. The molecule has 20 heavy (non-hydrogen) atoms. The normalized spacial score (nSPS) is 12.9. The summed E-state index contributed by atoms with van der Waals surface area (Å²) in [5.41, 5.74) is 1.42. The van der Waals surface area contributed by atoms with Gasteiger partial charge in [0.1, 0.15) is 11.8 Å². The largest absolute Gasteiger partial charge is 0.493 e. The van der Waals surface area contributed by atoms with Crippen LogP contribution in [0.5, 0.6) is 5.75 Å². The second-order valence-corrected chi connectivity index (χ2v) is 5.07. The number of rotatable bonds is 6. The summed E-state index contributed by atoms with van der Waals surface area (Å²) in [5.74, 6) is 0.600. The van der Waals surface area contributed by atoms with Crippen LogP contribution in [0.4, 0.5) is 0 Å². The summed E-state index contributed by atoms with van der Waals surface area (Å²) in [5, 5.41) is 19.1. The summed E-state index contributed by atoms with van der Waals surface area (Å²) in [4.78, 5) is 0. The molecule has 0 bridgehead atoms. The van der Waals surface area contributed by atoms with Crippen molar-refractivity contribution in [3.05, 3.63) is 29.8 Å². The van der Waals surface area contributed by atoms with E-state index in [9.17, 15) is 5.11 Å². The van der Waals surface area contributed by atoms with Gasteiger partial charge in [0.25, 0.3) is 0 Å². The molecular weight excluding hydrogens is 256 g/mol. The molecule has 0 aliphatic heterocycles. The lowest BCUT2D eigenvalue weighted by Crippen LogP contribution is -2.11. The summed E-state index contributed by atoms with van der Waals surface area (Å²) < 4.78 is 8.91. The molecule has 2 rings (SSSR count). The SMILES string of the molecule is CCCn1ncc(OC)c1C(O)c1cnn(C(C)C)c1. The maximum absolute atomic E-state index is 10.6. The zero-order valence-corrected chi connectivity index (χ0v) is 12.4. The van der Waals surface area contributed by atoms with Crippen LogP contribution in [-0.2, 0) is 6.54 Å². The Kier molecular flexibility index (Phi) is 4.44. The Hall–Kier alpha value is -1.82. The molecule has 6 heteroatoms.